The van der Waals surface area contributed by atoms with E-state index in [1.54, 1.807) is 0 Å². The van der Waals surface area contributed by atoms with Crippen molar-refractivity contribution in [2.45, 2.75) is 32.2 Å². The van der Waals surface area contributed by atoms with E-state index in [4.69, 9.17) is 0 Å². The first kappa shape index (κ1) is 18.4. The second-order valence-electron chi connectivity index (χ2n) is 7.99. The number of hydrogen-bond donors (Lipinski definition) is 2. The number of aromatic carboxylic acids is 1. The van der Waals surface area contributed by atoms with Crippen LogP contribution in [0.5, 0.6) is 0 Å². The molecule has 150 valence electrons. The fourth-order valence-corrected chi connectivity index (χ4v) is 3.94. The standard InChI is InChI=1S/C25H23N3O2/c1-16-13-21(18-7-8-18)27-24(25(29)30)23(16)26-20-9-10-22-19(14-20)11-12-28(22)15-17-5-3-2-4-6-17/h2-6,9-14,18,26H,7-8,15H2,1H3,(H,29,30). The lowest BCUT2D eigenvalue weighted by atomic mass is 10.1. The van der Waals surface area contributed by atoms with Crippen LogP contribution in [0.1, 0.15) is 46.1 Å². The minimum Gasteiger partial charge on any atom is -0.476 e. The second kappa shape index (κ2) is 7.34. The van der Waals surface area contributed by atoms with Crippen molar-refractivity contribution in [3.8, 4) is 0 Å². The van der Waals surface area contributed by atoms with E-state index >= 15 is 0 Å². The zero-order chi connectivity index (χ0) is 20.7. The number of carboxylic acids is 1. The summed E-state index contributed by atoms with van der Waals surface area (Å²) in [5.74, 6) is -0.588. The van der Waals surface area contributed by atoms with Crippen LogP contribution in [0, 0.1) is 6.92 Å². The number of hydrogen-bond acceptors (Lipinski definition) is 3. The molecule has 0 saturated heterocycles. The molecule has 5 rings (SSSR count). The van der Waals surface area contributed by atoms with Crippen molar-refractivity contribution < 1.29 is 9.90 Å². The monoisotopic (exact) mass is 397 g/mol. The molecule has 1 aliphatic carbocycles. The molecule has 0 radical (unpaired) electrons. The van der Waals surface area contributed by atoms with Crippen LogP contribution in [0.25, 0.3) is 10.9 Å². The molecule has 2 heterocycles. The van der Waals surface area contributed by atoms with E-state index in [-0.39, 0.29) is 5.69 Å². The topological polar surface area (TPSA) is 67.2 Å². The van der Waals surface area contributed by atoms with Crippen molar-refractivity contribution >= 4 is 28.2 Å². The van der Waals surface area contributed by atoms with Crippen molar-refractivity contribution in [1.82, 2.24) is 9.55 Å². The van der Waals surface area contributed by atoms with Gasteiger partial charge in [0.15, 0.2) is 5.69 Å². The van der Waals surface area contributed by atoms with Crippen molar-refractivity contribution in [3.05, 3.63) is 89.4 Å². The van der Waals surface area contributed by atoms with Gasteiger partial charge in [-0.1, -0.05) is 30.3 Å². The molecule has 4 aromatic rings. The summed E-state index contributed by atoms with van der Waals surface area (Å²) in [7, 11) is 0. The van der Waals surface area contributed by atoms with Gasteiger partial charge in [-0.2, -0.15) is 0 Å². The van der Waals surface area contributed by atoms with E-state index in [1.807, 2.05) is 37.3 Å². The first-order chi connectivity index (χ1) is 14.6. The molecule has 2 aromatic carbocycles. The van der Waals surface area contributed by atoms with Crippen LogP contribution in [-0.2, 0) is 6.54 Å². The van der Waals surface area contributed by atoms with Crippen molar-refractivity contribution in [2.24, 2.45) is 0 Å². The Morgan fingerprint density at radius 3 is 2.67 bits per heavy atom. The Hall–Kier alpha value is -3.60. The number of nitrogens with one attached hydrogen (secondary N) is 1. The van der Waals surface area contributed by atoms with Gasteiger partial charge in [-0.25, -0.2) is 9.78 Å². The third-order valence-corrected chi connectivity index (χ3v) is 5.67. The third-order valence-electron chi connectivity index (χ3n) is 5.67. The first-order valence-corrected chi connectivity index (χ1v) is 10.2. The Morgan fingerprint density at radius 1 is 1.13 bits per heavy atom. The lowest BCUT2D eigenvalue weighted by Crippen LogP contribution is -2.09. The molecule has 0 atom stereocenters. The van der Waals surface area contributed by atoms with Gasteiger partial charge >= 0.3 is 5.97 Å². The van der Waals surface area contributed by atoms with Crippen LogP contribution in [0.4, 0.5) is 11.4 Å². The third kappa shape index (κ3) is 3.54. The molecule has 0 unspecified atom stereocenters. The van der Waals surface area contributed by atoms with Crippen LogP contribution in [-0.4, -0.2) is 20.6 Å². The van der Waals surface area contributed by atoms with Gasteiger partial charge in [0, 0.05) is 40.9 Å². The summed E-state index contributed by atoms with van der Waals surface area (Å²) >= 11 is 0. The Labute approximate surface area is 175 Å². The van der Waals surface area contributed by atoms with E-state index < -0.39 is 5.97 Å². The molecule has 5 heteroatoms. The maximum Gasteiger partial charge on any atom is 0.356 e. The molecule has 0 aliphatic heterocycles. The highest BCUT2D eigenvalue weighted by atomic mass is 16.4. The van der Waals surface area contributed by atoms with Gasteiger partial charge in [-0.15, -0.1) is 0 Å². The summed E-state index contributed by atoms with van der Waals surface area (Å²) in [5.41, 5.74) is 5.71. The fraction of sp³-hybridized carbons (Fsp3) is 0.200. The second-order valence-corrected chi connectivity index (χ2v) is 7.99. The summed E-state index contributed by atoms with van der Waals surface area (Å²) in [4.78, 5) is 16.3. The van der Waals surface area contributed by atoms with Crippen molar-refractivity contribution in [2.75, 3.05) is 5.32 Å². The van der Waals surface area contributed by atoms with Crippen LogP contribution >= 0.6 is 0 Å². The van der Waals surface area contributed by atoms with E-state index in [0.29, 0.717) is 11.6 Å². The Bertz CT molecular complexity index is 1240. The van der Waals surface area contributed by atoms with Crippen LogP contribution in [0.2, 0.25) is 0 Å². The van der Waals surface area contributed by atoms with Crippen molar-refractivity contribution in [1.29, 1.82) is 0 Å². The van der Waals surface area contributed by atoms with Crippen molar-refractivity contribution in [3.63, 3.8) is 0 Å². The number of aryl methyl sites for hydroxylation is 1. The number of aromatic nitrogens is 2. The SMILES string of the molecule is Cc1cc(C2CC2)nc(C(=O)O)c1Nc1ccc2c(ccn2Cc2ccccc2)c1. The summed E-state index contributed by atoms with van der Waals surface area (Å²) in [5, 5.41) is 14.1. The number of carbonyl (C=O) groups is 1. The number of rotatable bonds is 6. The zero-order valence-corrected chi connectivity index (χ0v) is 16.8. The average Bonchev–Trinajstić information content (AvgIpc) is 3.52. The number of fused-ring (bicyclic) bond motifs is 1. The highest BCUT2D eigenvalue weighted by Crippen LogP contribution is 2.40. The van der Waals surface area contributed by atoms with E-state index in [2.05, 4.69) is 51.4 Å². The minimum absolute atomic E-state index is 0.0960. The number of anilines is 2. The molecular formula is C25H23N3O2. The molecule has 0 spiro atoms. The lowest BCUT2D eigenvalue weighted by Gasteiger charge is -2.14. The molecule has 2 N–H and O–H groups in total. The van der Waals surface area contributed by atoms with E-state index in [9.17, 15) is 9.90 Å². The lowest BCUT2D eigenvalue weighted by molar-refractivity contribution is 0.0691. The quantitative estimate of drug-likeness (QED) is 0.437. The summed E-state index contributed by atoms with van der Waals surface area (Å²) in [6.45, 7) is 2.75. The molecule has 1 aliphatic rings. The molecule has 5 nitrogen and oxygen atoms in total. The fourth-order valence-electron chi connectivity index (χ4n) is 3.94. The average molecular weight is 397 g/mol. The predicted octanol–water partition coefficient (Wildman–Crippen LogP) is 5.71. The zero-order valence-electron chi connectivity index (χ0n) is 16.8. The van der Waals surface area contributed by atoms with E-state index in [1.165, 1.54) is 5.56 Å². The van der Waals surface area contributed by atoms with Crippen LogP contribution in [0.3, 0.4) is 0 Å². The summed E-state index contributed by atoms with van der Waals surface area (Å²) < 4.78 is 2.22. The molecule has 0 amide bonds. The molecular weight excluding hydrogens is 374 g/mol. The maximum atomic E-state index is 11.8. The molecule has 0 bridgehead atoms. The maximum absolute atomic E-state index is 11.8. The highest BCUT2D eigenvalue weighted by molar-refractivity contribution is 5.95. The molecule has 30 heavy (non-hydrogen) atoms. The van der Waals surface area contributed by atoms with Crippen LogP contribution in [0.15, 0.2) is 66.9 Å². The summed E-state index contributed by atoms with van der Waals surface area (Å²) in [6, 6.07) is 20.6. The largest absolute Gasteiger partial charge is 0.476 e. The smallest absolute Gasteiger partial charge is 0.356 e. The number of pyridine rings is 1. The number of benzene rings is 2. The number of nitrogens with zero attached hydrogens (tertiary/aromatic N) is 2. The minimum atomic E-state index is -1.00. The van der Waals surface area contributed by atoms with Gasteiger partial charge in [-0.05, 0) is 61.2 Å². The van der Waals surface area contributed by atoms with Gasteiger partial charge in [0.1, 0.15) is 0 Å². The molecule has 1 fully saturated rings. The Kier molecular flexibility index (Phi) is 4.51. The summed E-state index contributed by atoms with van der Waals surface area (Å²) in [6.07, 6.45) is 4.27. The van der Waals surface area contributed by atoms with Gasteiger partial charge in [0.05, 0.1) is 5.69 Å². The Morgan fingerprint density at radius 2 is 1.93 bits per heavy atom. The van der Waals surface area contributed by atoms with Gasteiger partial charge in [0.2, 0.25) is 0 Å². The van der Waals surface area contributed by atoms with Crippen LogP contribution < -0.4 is 5.32 Å². The highest BCUT2D eigenvalue weighted by Gasteiger charge is 2.28. The van der Waals surface area contributed by atoms with Gasteiger partial charge in [-0.3, -0.25) is 0 Å². The molecule has 1 saturated carbocycles. The van der Waals surface area contributed by atoms with Gasteiger partial charge in [0.25, 0.3) is 0 Å². The van der Waals surface area contributed by atoms with Gasteiger partial charge < -0.3 is 15.0 Å². The van der Waals surface area contributed by atoms with E-state index in [0.717, 1.165) is 47.2 Å². The first-order valence-electron chi connectivity index (χ1n) is 10.2. The molecule has 2 aromatic heterocycles. The Balaban J connectivity index is 1.45. The number of carboxylic acid groups (broad SMARTS) is 1. The predicted molar refractivity (Wildman–Crippen MR) is 119 cm³/mol. The normalized spacial score (nSPS) is 13.5.